The molecule has 0 amide bonds. The largest absolute Gasteiger partial charge is 0.329 e. The monoisotopic (exact) mass is 289 g/mol. The van der Waals surface area contributed by atoms with Gasteiger partial charge in [0, 0.05) is 23.4 Å². The standard InChI is InChI=1S/C14H9ClFN3O/c15-14-18-12(8-1-3-10(16)4-2-8)13(19-14)9-5-6-17-11(20)7-9/h1-7H,(H,17,20)(H,18,19). The zero-order valence-electron chi connectivity index (χ0n) is 10.2. The van der Waals surface area contributed by atoms with Crippen molar-refractivity contribution in [3.8, 4) is 22.5 Å². The van der Waals surface area contributed by atoms with E-state index in [0.29, 0.717) is 22.5 Å². The number of nitrogens with one attached hydrogen (secondary N) is 2. The first kappa shape index (κ1) is 12.6. The van der Waals surface area contributed by atoms with E-state index in [-0.39, 0.29) is 16.7 Å². The molecule has 0 aliphatic heterocycles. The maximum absolute atomic E-state index is 13.0. The lowest BCUT2D eigenvalue weighted by Crippen LogP contribution is -2.02. The SMILES string of the molecule is O=c1cc(-c2[nH]c(Cl)nc2-c2ccc(F)cc2)cc[nH]1. The average Bonchev–Trinajstić information content (AvgIpc) is 2.82. The van der Waals surface area contributed by atoms with Crippen molar-refractivity contribution in [1.82, 2.24) is 15.0 Å². The highest BCUT2D eigenvalue weighted by Gasteiger charge is 2.13. The van der Waals surface area contributed by atoms with Crippen LogP contribution in [0.5, 0.6) is 0 Å². The molecule has 100 valence electrons. The first-order valence-electron chi connectivity index (χ1n) is 5.84. The van der Waals surface area contributed by atoms with E-state index in [2.05, 4.69) is 15.0 Å². The minimum Gasteiger partial charge on any atom is -0.329 e. The van der Waals surface area contributed by atoms with Gasteiger partial charge in [0.05, 0.1) is 11.4 Å². The van der Waals surface area contributed by atoms with E-state index in [0.717, 1.165) is 0 Å². The van der Waals surface area contributed by atoms with Crippen LogP contribution in [0.25, 0.3) is 22.5 Å². The summed E-state index contributed by atoms with van der Waals surface area (Å²) in [5, 5.41) is 0.208. The molecule has 0 spiro atoms. The summed E-state index contributed by atoms with van der Waals surface area (Å²) >= 11 is 5.91. The number of hydrogen-bond acceptors (Lipinski definition) is 2. The van der Waals surface area contributed by atoms with Crippen LogP contribution in [0.4, 0.5) is 4.39 Å². The van der Waals surface area contributed by atoms with Crippen molar-refractivity contribution in [2.24, 2.45) is 0 Å². The van der Waals surface area contributed by atoms with Crippen LogP contribution < -0.4 is 5.56 Å². The van der Waals surface area contributed by atoms with Gasteiger partial charge in [0.1, 0.15) is 5.82 Å². The lowest BCUT2D eigenvalue weighted by molar-refractivity contribution is 0.628. The number of halogens is 2. The Morgan fingerprint density at radius 2 is 1.85 bits per heavy atom. The summed E-state index contributed by atoms with van der Waals surface area (Å²) in [6, 6.07) is 9.09. The molecule has 6 heteroatoms. The number of rotatable bonds is 2. The van der Waals surface area contributed by atoms with Gasteiger partial charge in [-0.15, -0.1) is 0 Å². The van der Waals surface area contributed by atoms with Crippen LogP contribution in [0.15, 0.2) is 47.4 Å². The predicted molar refractivity (Wildman–Crippen MR) is 75.0 cm³/mol. The molecule has 0 radical (unpaired) electrons. The molecule has 0 bridgehead atoms. The van der Waals surface area contributed by atoms with E-state index in [1.54, 1.807) is 24.4 Å². The summed E-state index contributed by atoms with van der Waals surface area (Å²) < 4.78 is 13.0. The van der Waals surface area contributed by atoms with Crippen molar-refractivity contribution in [2.75, 3.05) is 0 Å². The fourth-order valence-electron chi connectivity index (χ4n) is 1.97. The van der Waals surface area contributed by atoms with E-state index >= 15 is 0 Å². The molecular weight excluding hydrogens is 281 g/mol. The van der Waals surface area contributed by atoms with E-state index in [1.807, 2.05) is 0 Å². The van der Waals surface area contributed by atoms with E-state index in [1.165, 1.54) is 18.2 Å². The molecule has 0 unspecified atom stereocenters. The molecular formula is C14H9ClFN3O. The summed E-state index contributed by atoms with van der Waals surface area (Å²) in [4.78, 5) is 21.0. The van der Waals surface area contributed by atoms with Gasteiger partial charge in [-0.05, 0) is 41.9 Å². The Balaban J connectivity index is 2.18. The zero-order chi connectivity index (χ0) is 14.1. The van der Waals surface area contributed by atoms with Gasteiger partial charge < -0.3 is 9.97 Å². The van der Waals surface area contributed by atoms with Crippen molar-refractivity contribution in [2.45, 2.75) is 0 Å². The van der Waals surface area contributed by atoms with Crippen LogP contribution in [0.2, 0.25) is 5.28 Å². The minimum atomic E-state index is -0.326. The van der Waals surface area contributed by atoms with Gasteiger partial charge in [-0.3, -0.25) is 4.79 Å². The Kier molecular flexibility index (Phi) is 3.12. The van der Waals surface area contributed by atoms with Crippen LogP contribution in [0.1, 0.15) is 0 Å². The van der Waals surface area contributed by atoms with Crippen molar-refractivity contribution in [3.63, 3.8) is 0 Å². The van der Waals surface area contributed by atoms with E-state index in [4.69, 9.17) is 11.6 Å². The Morgan fingerprint density at radius 3 is 2.55 bits per heavy atom. The quantitative estimate of drug-likeness (QED) is 0.761. The number of H-pyrrole nitrogens is 2. The first-order valence-corrected chi connectivity index (χ1v) is 6.22. The molecule has 2 heterocycles. The molecule has 1 aromatic carbocycles. The number of aromatic amines is 2. The molecule has 20 heavy (non-hydrogen) atoms. The van der Waals surface area contributed by atoms with Crippen LogP contribution in [-0.2, 0) is 0 Å². The van der Waals surface area contributed by atoms with E-state index < -0.39 is 0 Å². The van der Waals surface area contributed by atoms with E-state index in [9.17, 15) is 9.18 Å². The Morgan fingerprint density at radius 1 is 1.10 bits per heavy atom. The summed E-state index contributed by atoms with van der Waals surface area (Å²) in [5.41, 5.74) is 2.34. The topological polar surface area (TPSA) is 61.5 Å². The fraction of sp³-hybridized carbons (Fsp3) is 0. The Labute approximate surface area is 118 Å². The van der Waals surface area contributed by atoms with Crippen LogP contribution in [0.3, 0.4) is 0 Å². The second-order valence-electron chi connectivity index (χ2n) is 4.20. The zero-order valence-corrected chi connectivity index (χ0v) is 10.9. The van der Waals surface area contributed by atoms with Crippen molar-refractivity contribution in [1.29, 1.82) is 0 Å². The van der Waals surface area contributed by atoms with Gasteiger partial charge in [-0.25, -0.2) is 9.37 Å². The number of benzene rings is 1. The fourth-order valence-corrected chi connectivity index (χ4v) is 2.15. The summed E-state index contributed by atoms with van der Waals surface area (Å²) in [5.74, 6) is -0.326. The third kappa shape index (κ3) is 2.35. The van der Waals surface area contributed by atoms with Crippen LogP contribution in [-0.4, -0.2) is 15.0 Å². The third-order valence-corrected chi connectivity index (χ3v) is 3.04. The summed E-state index contributed by atoms with van der Waals surface area (Å²) in [6.07, 6.45) is 1.54. The molecule has 2 N–H and O–H groups in total. The normalized spacial score (nSPS) is 10.7. The summed E-state index contributed by atoms with van der Waals surface area (Å²) in [7, 11) is 0. The minimum absolute atomic E-state index is 0.208. The lowest BCUT2D eigenvalue weighted by atomic mass is 10.1. The predicted octanol–water partition coefficient (Wildman–Crippen LogP) is 3.22. The molecule has 0 aliphatic rings. The van der Waals surface area contributed by atoms with Gasteiger partial charge in [0.15, 0.2) is 0 Å². The molecule has 3 rings (SSSR count). The highest BCUT2D eigenvalue weighted by molar-refractivity contribution is 6.28. The van der Waals surface area contributed by atoms with Gasteiger partial charge >= 0.3 is 0 Å². The lowest BCUT2D eigenvalue weighted by Gasteiger charge is -2.02. The van der Waals surface area contributed by atoms with Gasteiger partial charge in [-0.1, -0.05) is 0 Å². The molecule has 2 aromatic heterocycles. The number of nitrogens with zero attached hydrogens (tertiary/aromatic N) is 1. The molecule has 0 fully saturated rings. The maximum atomic E-state index is 13.0. The van der Waals surface area contributed by atoms with Gasteiger partial charge in [-0.2, -0.15) is 0 Å². The Bertz CT molecular complexity index is 808. The molecule has 0 saturated heterocycles. The maximum Gasteiger partial charge on any atom is 0.248 e. The highest BCUT2D eigenvalue weighted by Crippen LogP contribution is 2.30. The second kappa shape index (κ2) is 4.94. The molecule has 0 aliphatic carbocycles. The number of aromatic nitrogens is 3. The number of imidazole rings is 1. The molecule has 0 saturated carbocycles. The van der Waals surface area contributed by atoms with Gasteiger partial charge in [0.25, 0.3) is 0 Å². The molecule has 0 atom stereocenters. The first-order chi connectivity index (χ1) is 9.63. The van der Waals surface area contributed by atoms with Gasteiger partial charge in [0.2, 0.25) is 10.8 Å². The third-order valence-electron chi connectivity index (χ3n) is 2.86. The molecule has 4 nitrogen and oxygen atoms in total. The summed E-state index contributed by atoms with van der Waals surface area (Å²) in [6.45, 7) is 0. The number of pyridine rings is 1. The average molecular weight is 290 g/mol. The highest BCUT2D eigenvalue weighted by atomic mass is 35.5. The number of hydrogen-bond donors (Lipinski definition) is 2. The van der Waals surface area contributed by atoms with Crippen LogP contribution in [0, 0.1) is 5.82 Å². The van der Waals surface area contributed by atoms with Crippen molar-refractivity contribution < 1.29 is 4.39 Å². The second-order valence-corrected chi connectivity index (χ2v) is 4.56. The molecule has 3 aromatic rings. The van der Waals surface area contributed by atoms with Crippen LogP contribution >= 0.6 is 11.6 Å². The smallest absolute Gasteiger partial charge is 0.248 e. The van der Waals surface area contributed by atoms with Crippen molar-refractivity contribution >= 4 is 11.6 Å². The van der Waals surface area contributed by atoms with Crippen molar-refractivity contribution in [3.05, 3.63) is 64.0 Å². The Hall–Kier alpha value is -2.40.